The van der Waals surface area contributed by atoms with Crippen LogP contribution in [0.15, 0.2) is 29.2 Å². The van der Waals surface area contributed by atoms with Gasteiger partial charge in [-0.3, -0.25) is 4.79 Å². The highest BCUT2D eigenvalue weighted by Crippen LogP contribution is 2.17. The lowest BCUT2D eigenvalue weighted by atomic mass is 10.0. The number of sulfonamides is 1. The summed E-state index contributed by atoms with van der Waals surface area (Å²) in [7, 11) is -1.68. The highest BCUT2D eigenvalue weighted by molar-refractivity contribution is 7.89. The van der Waals surface area contributed by atoms with E-state index in [4.69, 9.17) is 0 Å². The van der Waals surface area contributed by atoms with Crippen molar-refractivity contribution in [1.82, 2.24) is 14.9 Å². The van der Waals surface area contributed by atoms with E-state index in [-0.39, 0.29) is 10.8 Å². The fourth-order valence-electron chi connectivity index (χ4n) is 2.82. The van der Waals surface area contributed by atoms with E-state index in [0.717, 1.165) is 19.4 Å². The molecular formula is C17H27N3O3S. The van der Waals surface area contributed by atoms with Crippen molar-refractivity contribution in [3.8, 4) is 0 Å². The number of hydrogen-bond acceptors (Lipinski definition) is 4. The molecule has 0 spiro atoms. The van der Waals surface area contributed by atoms with Crippen LogP contribution in [-0.2, 0) is 10.0 Å². The van der Waals surface area contributed by atoms with E-state index in [1.807, 2.05) is 11.9 Å². The van der Waals surface area contributed by atoms with Gasteiger partial charge in [0.05, 0.1) is 4.90 Å². The molecule has 24 heavy (non-hydrogen) atoms. The molecule has 1 atom stereocenters. The number of likely N-dealkylation sites (tertiary alicyclic amines) is 1. The monoisotopic (exact) mass is 353 g/mol. The zero-order chi connectivity index (χ0) is 18.0. The van der Waals surface area contributed by atoms with Gasteiger partial charge in [0.25, 0.3) is 5.91 Å². The number of carbonyl (C=O) groups is 1. The average Bonchev–Trinajstić information content (AvgIpc) is 2.52. The molecule has 1 heterocycles. The van der Waals surface area contributed by atoms with Crippen LogP contribution in [0.1, 0.15) is 44.0 Å². The van der Waals surface area contributed by atoms with Crippen LogP contribution in [0.25, 0.3) is 0 Å². The van der Waals surface area contributed by atoms with Gasteiger partial charge in [-0.25, -0.2) is 13.1 Å². The van der Waals surface area contributed by atoms with Crippen LogP contribution in [0.2, 0.25) is 0 Å². The second-order valence-corrected chi connectivity index (χ2v) is 8.94. The summed E-state index contributed by atoms with van der Waals surface area (Å²) < 4.78 is 27.2. The Morgan fingerprint density at radius 2 is 1.83 bits per heavy atom. The second-order valence-electron chi connectivity index (χ2n) is 7.26. The van der Waals surface area contributed by atoms with Gasteiger partial charge in [-0.15, -0.1) is 0 Å². The van der Waals surface area contributed by atoms with Gasteiger partial charge >= 0.3 is 0 Å². The molecule has 1 aliphatic heterocycles. The fourth-order valence-corrected chi connectivity index (χ4v) is 4.24. The normalized spacial score (nSPS) is 19.3. The number of nitrogens with one attached hydrogen (secondary N) is 2. The lowest BCUT2D eigenvalue weighted by Gasteiger charge is -2.32. The van der Waals surface area contributed by atoms with Crippen LogP contribution in [0, 0.1) is 0 Å². The zero-order valence-corrected chi connectivity index (χ0v) is 15.6. The van der Waals surface area contributed by atoms with Gasteiger partial charge in [0, 0.05) is 30.2 Å². The van der Waals surface area contributed by atoms with E-state index in [1.165, 1.54) is 12.1 Å². The number of likely N-dealkylation sites (N-methyl/N-ethyl adjacent to an activating group) is 1. The maximum absolute atomic E-state index is 12.6. The third-order valence-corrected chi connectivity index (χ3v) is 5.74. The molecule has 1 aromatic rings. The lowest BCUT2D eigenvalue weighted by molar-refractivity contribution is 0.0698. The van der Waals surface area contributed by atoms with E-state index in [9.17, 15) is 13.2 Å². The maximum atomic E-state index is 12.6. The van der Waals surface area contributed by atoms with Crippen LogP contribution in [0.5, 0.6) is 0 Å². The Morgan fingerprint density at radius 1 is 1.21 bits per heavy atom. The third-order valence-electron chi connectivity index (χ3n) is 3.97. The Kier molecular flexibility index (Phi) is 5.67. The molecule has 1 unspecified atom stereocenters. The van der Waals surface area contributed by atoms with Crippen molar-refractivity contribution in [2.75, 3.05) is 20.1 Å². The van der Waals surface area contributed by atoms with Crippen molar-refractivity contribution < 1.29 is 13.2 Å². The quantitative estimate of drug-likeness (QED) is 0.862. The van der Waals surface area contributed by atoms with E-state index in [1.54, 1.807) is 32.9 Å². The Balaban J connectivity index is 2.13. The highest BCUT2D eigenvalue weighted by atomic mass is 32.2. The van der Waals surface area contributed by atoms with E-state index >= 15 is 0 Å². The number of hydrogen-bond donors (Lipinski definition) is 2. The minimum Gasteiger partial charge on any atom is -0.337 e. The molecule has 0 aromatic heterocycles. The minimum atomic E-state index is -3.58. The number of piperidine rings is 1. The standard InChI is InChI=1S/C17H27N3O3S/c1-17(2,3)19-24(22,23)15-9-7-13(8-10-15)16(21)20-11-5-6-14(12-20)18-4/h7-10,14,18-19H,5-6,11-12H2,1-4H3. The highest BCUT2D eigenvalue weighted by Gasteiger charge is 2.25. The molecule has 0 aliphatic carbocycles. The summed E-state index contributed by atoms with van der Waals surface area (Å²) >= 11 is 0. The van der Waals surface area contributed by atoms with Gasteiger partial charge in [-0.2, -0.15) is 0 Å². The molecule has 1 aliphatic rings. The summed E-state index contributed by atoms with van der Waals surface area (Å²) in [5.74, 6) is -0.0531. The first-order valence-corrected chi connectivity index (χ1v) is 9.71. The molecule has 6 nitrogen and oxygen atoms in total. The first-order chi connectivity index (χ1) is 11.1. The smallest absolute Gasteiger partial charge is 0.253 e. The van der Waals surface area contributed by atoms with Crippen LogP contribution >= 0.6 is 0 Å². The van der Waals surface area contributed by atoms with Gasteiger partial charge in [-0.1, -0.05) is 0 Å². The molecule has 0 bridgehead atoms. The van der Waals surface area contributed by atoms with Crippen molar-refractivity contribution >= 4 is 15.9 Å². The van der Waals surface area contributed by atoms with Gasteiger partial charge in [0.15, 0.2) is 0 Å². The second kappa shape index (κ2) is 7.21. The van der Waals surface area contributed by atoms with Crippen molar-refractivity contribution in [3.63, 3.8) is 0 Å². The Labute approximate surface area is 144 Å². The van der Waals surface area contributed by atoms with E-state index in [2.05, 4.69) is 10.0 Å². The summed E-state index contributed by atoms with van der Waals surface area (Å²) in [4.78, 5) is 14.6. The SMILES string of the molecule is CNC1CCCN(C(=O)c2ccc(S(=O)(=O)NC(C)(C)C)cc2)C1. The molecule has 0 saturated carbocycles. The molecule has 1 saturated heterocycles. The lowest BCUT2D eigenvalue weighted by Crippen LogP contribution is -2.46. The Bertz CT molecular complexity index is 678. The minimum absolute atomic E-state index is 0.0531. The predicted octanol–water partition coefficient (Wildman–Crippen LogP) is 1.59. The van der Waals surface area contributed by atoms with Gasteiger partial charge in [0.1, 0.15) is 0 Å². The molecule has 1 fully saturated rings. The van der Waals surface area contributed by atoms with Crippen molar-refractivity contribution in [2.45, 2.75) is 50.1 Å². The molecule has 134 valence electrons. The summed E-state index contributed by atoms with van der Waals surface area (Å²) in [5.41, 5.74) is -0.0370. The summed E-state index contributed by atoms with van der Waals surface area (Å²) in [6.07, 6.45) is 2.04. The number of rotatable bonds is 4. The number of benzene rings is 1. The van der Waals surface area contributed by atoms with Gasteiger partial charge in [-0.05, 0) is 64.9 Å². The van der Waals surface area contributed by atoms with Crippen molar-refractivity contribution in [1.29, 1.82) is 0 Å². The topological polar surface area (TPSA) is 78.5 Å². The van der Waals surface area contributed by atoms with Gasteiger partial charge < -0.3 is 10.2 Å². The molecule has 7 heteroatoms. The van der Waals surface area contributed by atoms with Crippen molar-refractivity contribution in [2.24, 2.45) is 0 Å². The van der Waals surface area contributed by atoms with E-state index in [0.29, 0.717) is 18.2 Å². The van der Waals surface area contributed by atoms with Crippen LogP contribution < -0.4 is 10.0 Å². The third kappa shape index (κ3) is 4.78. The largest absolute Gasteiger partial charge is 0.337 e. The van der Waals surface area contributed by atoms with Crippen LogP contribution in [0.3, 0.4) is 0 Å². The molecular weight excluding hydrogens is 326 g/mol. The summed E-state index contributed by atoms with van der Waals surface area (Å²) in [6.45, 7) is 6.79. The van der Waals surface area contributed by atoms with Crippen molar-refractivity contribution in [3.05, 3.63) is 29.8 Å². The number of amides is 1. The van der Waals surface area contributed by atoms with E-state index < -0.39 is 15.6 Å². The summed E-state index contributed by atoms with van der Waals surface area (Å²) in [6, 6.07) is 6.46. The maximum Gasteiger partial charge on any atom is 0.253 e. The molecule has 0 radical (unpaired) electrons. The van der Waals surface area contributed by atoms with Crippen LogP contribution in [0.4, 0.5) is 0 Å². The predicted molar refractivity (Wildman–Crippen MR) is 94.5 cm³/mol. The molecule has 2 rings (SSSR count). The van der Waals surface area contributed by atoms with Crippen LogP contribution in [-0.4, -0.2) is 50.9 Å². The molecule has 1 amide bonds. The average molecular weight is 353 g/mol. The number of nitrogens with zero attached hydrogens (tertiary/aromatic N) is 1. The Hall–Kier alpha value is -1.44. The van der Waals surface area contributed by atoms with Gasteiger partial charge in [0.2, 0.25) is 10.0 Å². The molecule has 2 N–H and O–H groups in total. The zero-order valence-electron chi connectivity index (χ0n) is 14.8. The first-order valence-electron chi connectivity index (χ1n) is 8.23. The summed E-state index contributed by atoms with van der Waals surface area (Å²) in [5, 5.41) is 3.21. The Morgan fingerprint density at radius 3 is 2.38 bits per heavy atom. The molecule has 1 aromatic carbocycles. The number of carbonyl (C=O) groups excluding carboxylic acids is 1. The fraction of sp³-hybridized carbons (Fsp3) is 0.588. The first kappa shape index (κ1) is 18.9.